The molecule has 1 atom stereocenters. The predicted octanol–water partition coefficient (Wildman–Crippen LogP) is 3.03. The highest BCUT2D eigenvalue weighted by Crippen LogP contribution is 2.21. The largest absolute Gasteiger partial charge is 0.447 e. The number of carbonyl (C=O) groups is 1. The summed E-state index contributed by atoms with van der Waals surface area (Å²) in [5, 5.41) is 0. The molecule has 1 amide bonds. The number of hydrogen-bond donors (Lipinski definition) is 0. The van der Waals surface area contributed by atoms with Crippen molar-refractivity contribution in [1.82, 2.24) is 19.7 Å². The van der Waals surface area contributed by atoms with Gasteiger partial charge in [-0.05, 0) is 11.5 Å². The highest BCUT2D eigenvalue weighted by Gasteiger charge is 2.29. The fourth-order valence-corrected chi connectivity index (χ4v) is 4.11. The van der Waals surface area contributed by atoms with Gasteiger partial charge < -0.3 is 9.32 Å². The third-order valence-electron chi connectivity index (χ3n) is 5.78. The second-order valence-corrected chi connectivity index (χ2v) is 8.28. The Labute approximate surface area is 172 Å². The summed E-state index contributed by atoms with van der Waals surface area (Å²) < 4.78 is 5.63. The quantitative estimate of drug-likeness (QED) is 0.705. The molecule has 0 N–H and O–H groups in total. The van der Waals surface area contributed by atoms with Crippen LogP contribution in [0.5, 0.6) is 0 Å². The minimum atomic E-state index is -0.0450. The van der Waals surface area contributed by atoms with Crippen molar-refractivity contribution in [2.75, 3.05) is 32.7 Å². The van der Waals surface area contributed by atoms with Crippen LogP contribution >= 0.6 is 0 Å². The molecule has 1 aromatic carbocycles. The van der Waals surface area contributed by atoms with Crippen LogP contribution in [0.4, 0.5) is 0 Å². The Hall–Kier alpha value is -2.44. The summed E-state index contributed by atoms with van der Waals surface area (Å²) in [6, 6.07) is 10.7. The van der Waals surface area contributed by atoms with E-state index >= 15 is 0 Å². The second kappa shape index (κ2) is 8.93. The summed E-state index contributed by atoms with van der Waals surface area (Å²) in [6.07, 6.45) is 5.68. The molecule has 29 heavy (non-hydrogen) atoms. The number of benzene rings is 1. The van der Waals surface area contributed by atoms with Crippen molar-refractivity contribution >= 4 is 5.91 Å². The SMILES string of the molecule is CC(C)[C@H]1C=CCN1C(=O)c1coc(CN2CCN(Cc3ccccc3)CC2)n1. The fourth-order valence-electron chi connectivity index (χ4n) is 4.11. The molecule has 0 unspecified atom stereocenters. The normalized spacial score (nSPS) is 20.7. The molecular formula is C23H30N4O2. The Morgan fingerprint density at radius 2 is 1.79 bits per heavy atom. The van der Waals surface area contributed by atoms with E-state index in [1.807, 2.05) is 4.90 Å². The summed E-state index contributed by atoms with van der Waals surface area (Å²) in [6.45, 7) is 10.6. The first-order valence-electron chi connectivity index (χ1n) is 10.5. The third-order valence-corrected chi connectivity index (χ3v) is 5.78. The maximum absolute atomic E-state index is 12.8. The van der Waals surface area contributed by atoms with Crippen LogP contribution in [-0.2, 0) is 13.1 Å². The van der Waals surface area contributed by atoms with Gasteiger partial charge in [0.2, 0.25) is 5.89 Å². The molecule has 1 aromatic heterocycles. The number of nitrogens with zero attached hydrogens (tertiary/aromatic N) is 4. The van der Waals surface area contributed by atoms with Crippen molar-refractivity contribution < 1.29 is 9.21 Å². The van der Waals surface area contributed by atoms with Gasteiger partial charge in [-0.15, -0.1) is 0 Å². The van der Waals surface area contributed by atoms with Gasteiger partial charge in [-0.25, -0.2) is 4.98 Å². The molecule has 154 valence electrons. The zero-order valence-corrected chi connectivity index (χ0v) is 17.3. The maximum Gasteiger partial charge on any atom is 0.276 e. The smallest absolute Gasteiger partial charge is 0.276 e. The number of hydrogen-bond acceptors (Lipinski definition) is 5. The lowest BCUT2D eigenvalue weighted by Crippen LogP contribution is -2.45. The number of aromatic nitrogens is 1. The predicted molar refractivity (Wildman–Crippen MR) is 112 cm³/mol. The lowest BCUT2D eigenvalue weighted by atomic mass is 10.0. The molecule has 2 aliphatic heterocycles. The van der Waals surface area contributed by atoms with Gasteiger partial charge in [-0.1, -0.05) is 56.3 Å². The van der Waals surface area contributed by atoms with Crippen molar-refractivity contribution in [2.45, 2.75) is 33.0 Å². The number of rotatable bonds is 6. The van der Waals surface area contributed by atoms with Crippen LogP contribution in [0.3, 0.4) is 0 Å². The highest BCUT2D eigenvalue weighted by molar-refractivity contribution is 5.92. The lowest BCUT2D eigenvalue weighted by Gasteiger charge is -2.34. The zero-order chi connectivity index (χ0) is 20.2. The molecule has 6 heteroatoms. The Bertz CT molecular complexity index is 838. The van der Waals surface area contributed by atoms with E-state index in [1.54, 1.807) is 0 Å². The first-order valence-corrected chi connectivity index (χ1v) is 10.5. The van der Waals surface area contributed by atoms with Crippen molar-refractivity contribution in [3.63, 3.8) is 0 Å². The van der Waals surface area contributed by atoms with E-state index in [-0.39, 0.29) is 11.9 Å². The zero-order valence-electron chi connectivity index (χ0n) is 17.3. The van der Waals surface area contributed by atoms with Gasteiger partial charge in [0.1, 0.15) is 6.26 Å². The Morgan fingerprint density at radius 1 is 1.10 bits per heavy atom. The molecule has 0 spiro atoms. The van der Waals surface area contributed by atoms with E-state index in [0.717, 1.165) is 32.7 Å². The molecular weight excluding hydrogens is 364 g/mol. The van der Waals surface area contributed by atoms with E-state index in [4.69, 9.17) is 4.42 Å². The second-order valence-electron chi connectivity index (χ2n) is 8.28. The number of carbonyl (C=O) groups excluding carboxylic acids is 1. The molecule has 0 radical (unpaired) electrons. The summed E-state index contributed by atoms with van der Waals surface area (Å²) in [7, 11) is 0. The van der Waals surface area contributed by atoms with E-state index in [2.05, 4.69) is 71.1 Å². The van der Waals surface area contributed by atoms with Gasteiger partial charge in [-0.3, -0.25) is 14.6 Å². The minimum Gasteiger partial charge on any atom is -0.447 e. The Balaban J connectivity index is 1.28. The monoisotopic (exact) mass is 394 g/mol. The molecule has 3 heterocycles. The van der Waals surface area contributed by atoms with Crippen LogP contribution in [0.15, 0.2) is 53.2 Å². The van der Waals surface area contributed by atoms with Crippen LogP contribution in [-0.4, -0.2) is 64.4 Å². The average molecular weight is 395 g/mol. The topological polar surface area (TPSA) is 52.8 Å². The summed E-state index contributed by atoms with van der Waals surface area (Å²) >= 11 is 0. The number of oxazole rings is 1. The molecule has 2 aromatic rings. The van der Waals surface area contributed by atoms with Gasteiger partial charge in [0, 0.05) is 39.3 Å². The maximum atomic E-state index is 12.8. The molecule has 1 fully saturated rings. The van der Waals surface area contributed by atoms with Gasteiger partial charge in [0.15, 0.2) is 5.69 Å². The van der Waals surface area contributed by atoms with Crippen LogP contribution in [0, 0.1) is 5.92 Å². The van der Waals surface area contributed by atoms with E-state index in [9.17, 15) is 4.79 Å². The minimum absolute atomic E-state index is 0.0450. The van der Waals surface area contributed by atoms with E-state index < -0.39 is 0 Å². The average Bonchev–Trinajstić information content (AvgIpc) is 3.40. The van der Waals surface area contributed by atoms with E-state index in [1.165, 1.54) is 11.8 Å². The number of amides is 1. The third kappa shape index (κ3) is 4.77. The van der Waals surface area contributed by atoms with Crippen LogP contribution < -0.4 is 0 Å². The van der Waals surface area contributed by atoms with Crippen molar-refractivity contribution in [3.05, 3.63) is 65.9 Å². The highest BCUT2D eigenvalue weighted by atomic mass is 16.3. The van der Waals surface area contributed by atoms with Gasteiger partial charge in [0.05, 0.1) is 12.6 Å². The first-order chi connectivity index (χ1) is 14.1. The van der Waals surface area contributed by atoms with Crippen LogP contribution in [0.25, 0.3) is 0 Å². The van der Waals surface area contributed by atoms with Crippen LogP contribution in [0.1, 0.15) is 35.8 Å². The van der Waals surface area contributed by atoms with Crippen molar-refractivity contribution in [3.8, 4) is 0 Å². The summed E-state index contributed by atoms with van der Waals surface area (Å²) in [5.41, 5.74) is 1.77. The van der Waals surface area contributed by atoms with Crippen molar-refractivity contribution in [2.24, 2.45) is 5.92 Å². The molecule has 0 saturated carbocycles. The first kappa shape index (κ1) is 19.9. The molecule has 2 aliphatic rings. The molecule has 6 nitrogen and oxygen atoms in total. The van der Waals surface area contributed by atoms with Gasteiger partial charge >= 0.3 is 0 Å². The molecule has 0 bridgehead atoms. The van der Waals surface area contributed by atoms with Crippen LogP contribution in [0.2, 0.25) is 0 Å². The van der Waals surface area contributed by atoms with E-state index in [0.29, 0.717) is 30.6 Å². The number of piperazine rings is 1. The van der Waals surface area contributed by atoms with Crippen molar-refractivity contribution in [1.29, 1.82) is 0 Å². The molecule has 4 rings (SSSR count). The standard InChI is InChI=1S/C23H30N4O2/c1-18(2)21-9-6-10-27(21)23(28)20-17-29-22(24-20)16-26-13-11-25(12-14-26)15-19-7-4-3-5-8-19/h3-9,17-18,21H,10-16H2,1-2H3/t21-/m1/s1. The lowest BCUT2D eigenvalue weighted by molar-refractivity contribution is 0.0714. The molecule has 1 saturated heterocycles. The molecule has 0 aliphatic carbocycles. The van der Waals surface area contributed by atoms with Gasteiger partial charge in [-0.2, -0.15) is 0 Å². The Morgan fingerprint density at radius 3 is 2.48 bits per heavy atom. The Kier molecular flexibility index (Phi) is 6.11. The fraction of sp³-hybridized carbons (Fsp3) is 0.478. The van der Waals surface area contributed by atoms with Gasteiger partial charge in [0.25, 0.3) is 5.91 Å². The summed E-state index contributed by atoms with van der Waals surface area (Å²) in [5.74, 6) is 0.964. The summed E-state index contributed by atoms with van der Waals surface area (Å²) in [4.78, 5) is 24.0.